The van der Waals surface area contributed by atoms with E-state index in [1.54, 1.807) is 0 Å². The van der Waals surface area contributed by atoms with E-state index in [1.165, 1.54) is 5.56 Å². The van der Waals surface area contributed by atoms with Crippen LogP contribution in [0.5, 0.6) is 0 Å². The Hall–Kier alpha value is -0.860. The van der Waals surface area contributed by atoms with E-state index in [9.17, 15) is 0 Å². The number of hydrogen-bond acceptors (Lipinski definition) is 2. The number of nitrogens with two attached hydrogens (primary N) is 1. The third kappa shape index (κ3) is 4.11. The van der Waals surface area contributed by atoms with Gasteiger partial charge in [-0.25, -0.2) is 0 Å². The summed E-state index contributed by atoms with van der Waals surface area (Å²) in [7, 11) is 0. The average molecular weight is 249 g/mol. The van der Waals surface area contributed by atoms with Crippen molar-refractivity contribution < 1.29 is 5.11 Å². The van der Waals surface area contributed by atoms with Gasteiger partial charge >= 0.3 is 0 Å². The maximum atomic E-state index is 9.05. The van der Waals surface area contributed by atoms with Gasteiger partial charge in [-0.2, -0.15) is 0 Å². The molecular weight excluding hydrogens is 222 g/mol. The first-order valence-electron chi connectivity index (χ1n) is 6.62. The monoisotopic (exact) mass is 249 g/mol. The van der Waals surface area contributed by atoms with E-state index in [4.69, 9.17) is 10.8 Å². The van der Waals surface area contributed by atoms with Crippen LogP contribution in [0.15, 0.2) is 24.3 Å². The molecule has 2 heteroatoms. The second-order valence-electron chi connectivity index (χ2n) is 7.03. The molecule has 0 radical (unpaired) electrons. The van der Waals surface area contributed by atoms with Gasteiger partial charge in [0.2, 0.25) is 0 Å². The Balaban J connectivity index is 2.90. The van der Waals surface area contributed by atoms with Crippen LogP contribution in [0, 0.1) is 5.41 Å². The molecule has 0 fully saturated rings. The van der Waals surface area contributed by atoms with Crippen LogP contribution in [-0.4, -0.2) is 11.7 Å². The van der Waals surface area contributed by atoms with Gasteiger partial charge in [0.1, 0.15) is 0 Å². The molecule has 2 nitrogen and oxygen atoms in total. The first-order valence-corrected chi connectivity index (χ1v) is 6.62. The molecule has 0 heterocycles. The van der Waals surface area contributed by atoms with E-state index in [-0.39, 0.29) is 18.1 Å². The number of aliphatic hydroxyl groups is 1. The highest BCUT2D eigenvalue weighted by molar-refractivity contribution is 5.30. The van der Waals surface area contributed by atoms with Crippen molar-refractivity contribution in [3.05, 3.63) is 35.4 Å². The first kappa shape index (κ1) is 15.2. The largest absolute Gasteiger partial charge is 0.394 e. The van der Waals surface area contributed by atoms with Crippen molar-refractivity contribution in [3.8, 4) is 0 Å². The fourth-order valence-electron chi connectivity index (χ4n) is 2.71. The SMILES string of the molecule is CC(C)(C)CC(C)(C)c1ccc(C(N)CO)cc1. The van der Waals surface area contributed by atoms with Crippen molar-refractivity contribution in [2.24, 2.45) is 11.1 Å². The highest BCUT2D eigenvalue weighted by Crippen LogP contribution is 2.36. The second-order valence-corrected chi connectivity index (χ2v) is 7.03. The van der Waals surface area contributed by atoms with Crippen molar-refractivity contribution in [1.82, 2.24) is 0 Å². The lowest BCUT2D eigenvalue weighted by Crippen LogP contribution is -2.25. The van der Waals surface area contributed by atoms with Gasteiger partial charge in [0, 0.05) is 0 Å². The van der Waals surface area contributed by atoms with Crippen LogP contribution < -0.4 is 5.73 Å². The number of hydrogen-bond donors (Lipinski definition) is 2. The minimum Gasteiger partial charge on any atom is -0.394 e. The van der Waals surface area contributed by atoms with E-state index in [1.807, 2.05) is 12.1 Å². The Morgan fingerprint density at radius 3 is 1.94 bits per heavy atom. The summed E-state index contributed by atoms with van der Waals surface area (Å²) in [6.07, 6.45) is 1.13. The highest BCUT2D eigenvalue weighted by atomic mass is 16.3. The second kappa shape index (κ2) is 5.41. The third-order valence-corrected chi connectivity index (χ3v) is 3.29. The van der Waals surface area contributed by atoms with Gasteiger partial charge in [-0.3, -0.25) is 0 Å². The van der Waals surface area contributed by atoms with Crippen LogP contribution in [-0.2, 0) is 5.41 Å². The molecule has 0 aliphatic carbocycles. The summed E-state index contributed by atoms with van der Waals surface area (Å²) in [5.74, 6) is 0. The van der Waals surface area contributed by atoms with Gasteiger partial charge in [-0.15, -0.1) is 0 Å². The van der Waals surface area contributed by atoms with Crippen LogP contribution in [0.4, 0.5) is 0 Å². The molecule has 0 spiro atoms. The summed E-state index contributed by atoms with van der Waals surface area (Å²) in [5, 5.41) is 9.05. The molecule has 3 N–H and O–H groups in total. The average Bonchev–Trinajstić information content (AvgIpc) is 2.25. The molecule has 1 atom stereocenters. The van der Waals surface area contributed by atoms with Gasteiger partial charge in [0.25, 0.3) is 0 Å². The lowest BCUT2D eigenvalue weighted by molar-refractivity contribution is 0.268. The Labute approximate surface area is 111 Å². The lowest BCUT2D eigenvalue weighted by atomic mass is 9.72. The molecule has 1 rings (SSSR count). The predicted octanol–water partition coefficient (Wildman–Crippen LogP) is 3.39. The summed E-state index contributed by atoms with van der Waals surface area (Å²) in [4.78, 5) is 0. The lowest BCUT2D eigenvalue weighted by Gasteiger charge is -2.33. The topological polar surface area (TPSA) is 46.2 Å². The molecule has 1 aromatic rings. The van der Waals surface area contributed by atoms with Crippen molar-refractivity contribution in [3.63, 3.8) is 0 Å². The van der Waals surface area contributed by atoms with Crippen molar-refractivity contribution in [2.45, 2.75) is 52.5 Å². The van der Waals surface area contributed by atoms with Gasteiger partial charge in [0.15, 0.2) is 0 Å². The molecule has 0 saturated carbocycles. The van der Waals surface area contributed by atoms with Gasteiger partial charge < -0.3 is 10.8 Å². The van der Waals surface area contributed by atoms with Crippen molar-refractivity contribution in [1.29, 1.82) is 0 Å². The number of rotatable bonds is 4. The zero-order valence-electron chi connectivity index (χ0n) is 12.3. The summed E-state index contributed by atoms with van der Waals surface area (Å²) in [5.41, 5.74) is 8.59. The molecule has 102 valence electrons. The van der Waals surface area contributed by atoms with Crippen LogP contribution in [0.3, 0.4) is 0 Å². The molecule has 0 bridgehead atoms. The minimum atomic E-state index is -0.273. The van der Waals surface area contributed by atoms with Gasteiger partial charge in [-0.05, 0) is 28.4 Å². The number of aliphatic hydroxyl groups excluding tert-OH is 1. The molecule has 0 amide bonds. The van der Waals surface area contributed by atoms with Crippen molar-refractivity contribution in [2.75, 3.05) is 6.61 Å². The van der Waals surface area contributed by atoms with Crippen LogP contribution >= 0.6 is 0 Å². The molecule has 1 unspecified atom stereocenters. The third-order valence-electron chi connectivity index (χ3n) is 3.29. The zero-order valence-corrected chi connectivity index (χ0v) is 12.3. The maximum absolute atomic E-state index is 9.05. The standard InChI is InChI=1S/C16H27NO/c1-15(2,3)11-16(4,5)13-8-6-12(7-9-13)14(17)10-18/h6-9,14,18H,10-11,17H2,1-5H3. The Bertz CT molecular complexity index is 373. The Kier molecular flexibility index (Phi) is 4.57. The fraction of sp³-hybridized carbons (Fsp3) is 0.625. The summed E-state index contributed by atoms with van der Waals surface area (Å²) in [6, 6.07) is 8.05. The summed E-state index contributed by atoms with van der Waals surface area (Å²) < 4.78 is 0. The fourth-order valence-corrected chi connectivity index (χ4v) is 2.71. The molecule has 0 aromatic heterocycles. The minimum absolute atomic E-state index is 0.00920. The summed E-state index contributed by atoms with van der Waals surface area (Å²) >= 11 is 0. The van der Waals surface area contributed by atoms with Crippen LogP contribution in [0.2, 0.25) is 0 Å². The molecule has 0 saturated heterocycles. The highest BCUT2D eigenvalue weighted by Gasteiger charge is 2.27. The van der Waals surface area contributed by atoms with E-state index < -0.39 is 0 Å². The van der Waals surface area contributed by atoms with E-state index in [2.05, 4.69) is 46.8 Å². The van der Waals surface area contributed by atoms with Crippen LogP contribution in [0.1, 0.15) is 58.2 Å². The van der Waals surface area contributed by atoms with Gasteiger partial charge in [0.05, 0.1) is 12.6 Å². The molecule has 1 aromatic carbocycles. The van der Waals surface area contributed by atoms with E-state index >= 15 is 0 Å². The Morgan fingerprint density at radius 2 is 1.56 bits per heavy atom. The molecule has 0 aliphatic heterocycles. The predicted molar refractivity (Wildman–Crippen MR) is 77.6 cm³/mol. The number of benzene rings is 1. The maximum Gasteiger partial charge on any atom is 0.0624 e. The summed E-state index contributed by atoms with van der Waals surface area (Å²) in [6.45, 7) is 11.4. The van der Waals surface area contributed by atoms with E-state index in [0.717, 1.165) is 12.0 Å². The Morgan fingerprint density at radius 1 is 1.06 bits per heavy atom. The molecule has 18 heavy (non-hydrogen) atoms. The first-order chi connectivity index (χ1) is 8.15. The van der Waals surface area contributed by atoms with Crippen molar-refractivity contribution >= 4 is 0 Å². The van der Waals surface area contributed by atoms with Crippen LogP contribution in [0.25, 0.3) is 0 Å². The molecule has 0 aliphatic rings. The van der Waals surface area contributed by atoms with E-state index in [0.29, 0.717) is 5.41 Å². The normalized spacial score (nSPS) is 14.6. The van der Waals surface area contributed by atoms with Gasteiger partial charge in [-0.1, -0.05) is 58.9 Å². The smallest absolute Gasteiger partial charge is 0.0624 e. The zero-order chi connectivity index (χ0) is 14.0. The molecular formula is C16H27NO. The quantitative estimate of drug-likeness (QED) is 0.859.